The molecule has 1 aliphatic rings. The monoisotopic (exact) mass is 341 g/mol. The second-order valence-corrected chi connectivity index (χ2v) is 7.49. The summed E-state index contributed by atoms with van der Waals surface area (Å²) in [6.07, 6.45) is 1.24. The van der Waals surface area contributed by atoms with E-state index >= 15 is 0 Å². The van der Waals surface area contributed by atoms with Crippen LogP contribution in [-0.2, 0) is 9.53 Å². The molecule has 23 heavy (non-hydrogen) atoms. The fraction of sp³-hybridized carbons (Fsp3) is 0.667. The van der Waals surface area contributed by atoms with Crippen LogP contribution in [0.2, 0.25) is 0 Å². The number of aliphatic carboxylic acids is 1. The first-order valence-electron chi connectivity index (χ1n) is 7.55. The number of thiazole rings is 1. The molecule has 0 aliphatic carbocycles. The Balaban J connectivity index is 2.09. The van der Waals surface area contributed by atoms with Crippen LogP contribution in [0.25, 0.3) is 0 Å². The Bertz CT molecular complexity index is 556. The molecule has 0 spiro atoms. The zero-order valence-corrected chi connectivity index (χ0v) is 14.7. The predicted molar refractivity (Wildman–Crippen MR) is 86.5 cm³/mol. The smallest absolute Gasteiger partial charge is 0.410 e. The summed E-state index contributed by atoms with van der Waals surface area (Å²) in [5.74, 6) is -0.943. The summed E-state index contributed by atoms with van der Waals surface area (Å²) < 4.78 is 5.34. The van der Waals surface area contributed by atoms with Crippen LogP contribution in [-0.4, -0.2) is 63.2 Å². The Morgan fingerprint density at radius 1 is 1.43 bits per heavy atom. The van der Waals surface area contributed by atoms with Crippen molar-refractivity contribution < 1.29 is 19.4 Å². The molecule has 0 saturated carbocycles. The minimum Gasteiger partial charge on any atom is -0.480 e. The lowest BCUT2D eigenvalue weighted by Crippen LogP contribution is -2.58. The van der Waals surface area contributed by atoms with Crippen LogP contribution in [0.1, 0.15) is 38.7 Å². The molecule has 1 N–H and O–H groups in total. The van der Waals surface area contributed by atoms with Gasteiger partial charge in [0.2, 0.25) is 0 Å². The number of ether oxygens (including phenoxy) is 1. The van der Waals surface area contributed by atoms with E-state index in [0.717, 1.165) is 5.01 Å². The maximum absolute atomic E-state index is 12.2. The van der Waals surface area contributed by atoms with Gasteiger partial charge in [0, 0.05) is 24.7 Å². The Morgan fingerprint density at radius 2 is 2.13 bits per heavy atom. The number of carbonyl (C=O) groups excluding carboxylic acids is 1. The van der Waals surface area contributed by atoms with Gasteiger partial charge in [0.15, 0.2) is 0 Å². The molecule has 1 aliphatic heterocycles. The van der Waals surface area contributed by atoms with E-state index in [-0.39, 0.29) is 12.6 Å². The number of piperazine rings is 1. The molecule has 1 saturated heterocycles. The molecule has 1 aromatic heterocycles. The Hall–Kier alpha value is -1.67. The SMILES string of the molecule is C[C@H](c1nccs1)N1CCN(C(=O)OC(C)(C)C)C[C@@H]1C(=O)O. The molecule has 2 rings (SSSR count). The van der Waals surface area contributed by atoms with E-state index in [0.29, 0.717) is 13.1 Å². The number of aromatic nitrogens is 1. The molecule has 128 valence electrons. The Morgan fingerprint density at radius 3 is 2.65 bits per heavy atom. The van der Waals surface area contributed by atoms with E-state index < -0.39 is 23.7 Å². The van der Waals surface area contributed by atoms with Crippen molar-refractivity contribution in [1.29, 1.82) is 0 Å². The number of carboxylic acids is 1. The van der Waals surface area contributed by atoms with Crippen molar-refractivity contribution in [2.45, 2.75) is 45.4 Å². The van der Waals surface area contributed by atoms with Gasteiger partial charge in [0.25, 0.3) is 0 Å². The van der Waals surface area contributed by atoms with Crippen molar-refractivity contribution in [3.8, 4) is 0 Å². The van der Waals surface area contributed by atoms with Gasteiger partial charge in [-0.25, -0.2) is 9.78 Å². The average Bonchev–Trinajstić information content (AvgIpc) is 2.98. The van der Waals surface area contributed by atoms with Gasteiger partial charge in [-0.3, -0.25) is 9.69 Å². The topological polar surface area (TPSA) is 83.0 Å². The first-order chi connectivity index (χ1) is 10.7. The van der Waals surface area contributed by atoms with Gasteiger partial charge in [0.05, 0.1) is 12.6 Å². The highest BCUT2D eigenvalue weighted by atomic mass is 32.1. The summed E-state index contributed by atoms with van der Waals surface area (Å²) in [6, 6.07) is -0.868. The molecule has 1 fully saturated rings. The molecule has 0 unspecified atom stereocenters. The summed E-state index contributed by atoms with van der Waals surface area (Å²) in [5, 5.41) is 12.3. The first-order valence-corrected chi connectivity index (χ1v) is 8.43. The van der Waals surface area contributed by atoms with Crippen LogP contribution in [0.3, 0.4) is 0 Å². The van der Waals surface area contributed by atoms with Crippen LogP contribution in [0.4, 0.5) is 4.79 Å². The van der Waals surface area contributed by atoms with E-state index in [9.17, 15) is 14.7 Å². The molecule has 0 bridgehead atoms. The third-order valence-corrected chi connectivity index (χ3v) is 4.61. The summed E-state index contributed by atoms with van der Waals surface area (Å²) in [6.45, 7) is 8.34. The minimum absolute atomic E-state index is 0.100. The molecule has 7 nitrogen and oxygen atoms in total. The number of rotatable bonds is 3. The zero-order chi connectivity index (χ0) is 17.2. The number of carbonyl (C=O) groups is 2. The molecule has 2 atom stereocenters. The Labute approximate surface area is 139 Å². The second-order valence-electron chi connectivity index (χ2n) is 6.56. The fourth-order valence-corrected chi connectivity index (χ4v) is 3.27. The normalized spacial score (nSPS) is 21.0. The fourth-order valence-electron chi connectivity index (χ4n) is 2.56. The molecule has 0 aromatic carbocycles. The lowest BCUT2D eigenvalue weighted by Gasteiger charge is -2.41. The van der Waals surface area contributed by atoms with E-state index in [4.69, 9.17) is 4.74 Å². The molecule has 1 amide bonds. The van der Waals surface area contributed by atoms with Crippen LogP contribution in [0, 0.1) is 0 Å². The standard InChI is InChI=1S/C15H23N3O4S/c1-10(12-16-5-8-23-12)18-7-6-17(9-11(18)13(19)20)14(21)22-15(2,3)4/h5,8,10-11H,6-7,9H2,1-4H3,(H,19,20)/t10-,11-/m1/s1. The van der Waals surface area contributed by atoms with Crippen molar-refractivity contribution >= 4 is 23.4 Å². The van der Waals surface area contributed by atoms with Crippen LogP contribution < -0.4 is 0 Å². The second kappa shape index (κ2) is 6.84. The highest BCUT2D eigenvalue weighted by molar-refractivity contribution is 7.09. The molecule has 1 aromatic rings. The van der Waals surface area contributed by atoms with Crippen molar-refractivity contribution in [3.63, 3.8) is 0 Å². The zero-order valence-electron chi connectivity index (χ0n) is 13.9. The van der Waals surface area contributed by atoms with Crippen LogP contribution >= 0.6 is 11.3 Å². The third kappa shape index (κ3) is 4.42. The van der Waals surface area contributed by atoms with E-state index in [2.05, 4.69) is 4.98 Å². The minimum atomic E-state index is -0.943. The molecule has 8 heteroatoms. The summed E-state index contributed by atoms with van der Waals surface area (Å²) in [7, 11) is 0. The number of nitrogens with zero attached hydrogens (tertiary/aromatic N) is 3. The highest BCUT2D eigenvalue weighted by Crippen LogP contribution is 2.27. The molecular formula is C15H23N3O4S. The number of hydrogen-bond donors (Lipinski definition) is 1. The van der Waals surface area contributed by atoms with Gasteiger partial charge in [-0.05, 0) is 27.7 Å². The van der Waals surface area contributed by atoms with Gasteiger partial charge < -0.3 is 14.7 Å². The van der Waals surface area contributed by atoms with Gasteiger partial charge in [-0.15, -0.1) is 11.3 Å². The van der Waals surface area contributed by atoms with Crippen LogP contribution in [0.5, 0.6) is 0 Å². The third-order valence-electron chi connectivity index (χ3n) is 3.66. The number of hydrogen-bond acceptors (Lipinski definition) is 6. The lowest BCUT2D eigenvalue weighted by atomic mass is 10.1. The van der Waals surface area contributed by atoms with Crippen molar-refractivity contribution in [2.75, 3.05) is 19.6 Å². The van der Waals surface area contributed by atoms with Crippen molar-refractivity contribution in [3.05, 3.63) is 16.6 Å². The number of carboxylic acid groups (broad SMARTS) is 1. The predicted octanol–water partition coefficient (Wildman–Crippen LogP) is 2.21. The lowest BCUT2D eigenvalue weighted by molar-refractivity contribution is -0.146. The number of amides is 1. The van der Waals surface area contributed by atoms with Gasteiger partial charge in [-0.2, -0.15) is 0 Å². The Kier molecular flexibility index (Phi) is 5.26. The van der Waals surface area contributed by atoms with Crippen LogP contribution in [0.15, 0.2) is 11.6 Å². The quantitative estimate of drug-likeness (QED) is 0.907. The summed E-state index contributed by atoms with van der Waals surface area (Å²) >= 11 is 1.50. The first kappa shape index (κ1) is 17.7. The molecule has 2 heterocycles. The molecular weight excluding hydrogens is 318 g/mol. The summed E-state index contributed by atoms with van der Waals surface area (Å²) in [5.41, 5.74) is -0.596. The maximum Gasteiger partial charge on any atom is 0.410 e. The van der Waals surface area contributed by atoms with E-state index in [1.54, 1.807) is 27.0 Å². The largest absolute Gasteiger partial charge is 0.480 e. The van der Waals surface area contributed by atoms with Gasteiger partial charge >= 0.3 is 12.1 Å². The molecule has 0 radical (unpaired) electrons. The van der Waals surface area contributed by atoms with Crippen molar-refractivity contribution in [2.24, 2.45) is 0 Å². The van der Waals surface area contributed by atoms with Gasteiger partial charge in [-0.1, -0.05) is 0 Å². The maximum atomic E-state index is 12.2. The van der Waals surface area contributed by atoms with Crippen molar-refractivity contribution in [1.82, 2.24) is 14.8 Å². The average molecular weight is 341 g/mol. The van der Waals surface area contributed by atoms with E-state index in [1.807, 2.05) is 17.2 Å². The highest BCUT2D eigenvalue weighted by Gasteiger charge is 2.38. The van der Waals surface area contributed by atoms with Gasteiger partial charge in [0.1, 0.15) is 16.7 Å². The van der Waals surface area contributed by atoms with E-state index in [1.165, 1.54) is 16.2 Å². The summed E-state index contributed by atoms with van der Waals surface area (Å²) in [4.78, 5) is 31.4.